The van der Waals surface area contributed by atoms with Gasteiger partial charge in [-0.3, -0.25) is 19.5 Å². The van der Waals surface area contributed by atoms with Crippen LogP contribution in [-0.2, 0) is 26.5 Å². The number of aromatic nitrogens is 1. The van der Waals surface area contributed by atoms with Gasteiger partial charge in [-0.2, -0.15) is 0 Å². The Hall–Kier alpha value is -2.52. The zero-order chi connectivity index (χ0) is 25.3. The van der Waals surface area contributed by atoms with E-state index < -0.39 is 29.3 Å². The van der Waals surface area contributed by atoms with E-state index in [2.05, 4.69) is 20.9 Å². The third-order valence-corrected chi connectivity index (χ3v) is 6.67. The maximum Gasteiger partial charge on any atom is 0.310 e. The van der Waals surface area contributed by atoms with Crippen LogP contribution in [0.5, 0.6) is 0 Å². The number of amides is 1. The summed E-state index contributed by atoms with van der Waals surface area (Å²) in [5.41, 5.74) is -0.560. The highest BCUT2D eigenvalue weighted by molar-refractivity contribution is 9.10. The molecular weight excluding hydrogens is 562 g/mol. The summed E-state index contributed by atoms with van der Waals surface area (Å²) in [6, 6.07) is 12.7. The van der Waals surface area contributed by atoms with Crippen LogP contribution in [0.1, 0.15) is 34.1 Å². The second-order valence-electron chi connectivity index (χ2n) is 8.06. The van der Waals surface area contributed by atoms with E-state index in [1.54, 1.807) is 49.4 Å². The number of esters is 1. The van der Waals surface area contributed by atoms with E-state index in [4.69, 9.17) is 32.7 Å². The molecule has 0 saturated heterocycles. The van der Waals surface area contributed by atoms with E-state index in [9.17, 15) is 9.59 Å². The van der Waals surface area contributed by atoms with Gasteiger partial charge in [0.2, 0.25) is 0 Å². The summed E-state index contributed by atoms with van der Waals surface area (Å²) in [7, 11) is 1.28. The van der Waals surface area contributed by atoms with Gasteiger partial charge >= 0.3 is 5.97 Å². The number of benzene rings is 2. The molecule has 1 aliphatic rings. The van der Waals surface area contributed by atoms with Gasteiger partial charge in [-0.15, -0.1) is 0 Å². The fourth-order valence-corrected chi connectivity index (χ4v) is 4.75. The molecule has 1 aromatic heterocycles. The monoisotopic (exact) mass is 580 g/mol. The summed E-state index contributed by atoms with van der Waals surface area (Å²) in [5, 5.41) is 0.894. The van der Waals surface area contributed by atoms with E-state index >= 15 is 4.39 Å². The Bertz CT molecular complexity index is 1270. The van der Waals surface area contributed by atoms with Crippen LogP contribution in [-0.4, -0.2) is 35.5 Å². The van der Waals surface area contributed by atoms with Crippen LogP contribution in [0, 0.1) is 11.7 Å². The average molecular weight is 582 g/mol. The molecule has 6 nitrogen and oxygen atoms in total. The van der Waals surface area contributed by atoms with Crippen molar-refractivity contribution in [3.63, 3.8) is 0 Å². The van der Waals surface area contributed by atoms with Gasteiger partial charge in [-0.05, 0) is 43.3 Å². The van der Waals surface area contributed by atoms with Crippen molar-refractivity contribution in [2.75, 3.05) is 13.7 Å². The Morgan fingerprint density at radius 3 is 2.49 bits per heavy atom. The minimum atomic E-state index is -1.70. The van der Waals surface area contributed by atoms with Crippen molar-refractivity contribution in [3.8, 4) is 0 Å². The van der Waals surface area contributed by atoms with Gasteiger partial charge in [-0.1, -0.05) is 51.3 Å². The molecule has 0 radical (unpaired) electrons. The Kier molecular flexibility index (Phi) is 7.47. The van der Waals surface area contributed by atoms with Crippen molar-refractivity contribution in [1.82, 2.24) is 9.88 Å². The normalized spacial score (nSPS) is 17.9. The third kappa shape index (κ3) is 4.80. The first-order valence-corrected chi connectivity index (χ1v) is 12.1. The maximum atomic E-state index is 15.7. The van der Waals surface area contributed by atoms with Crippen LogP contribution in [0.3, 0.4) is 0 Å². The molecule has 35 heavy (non-hydrogen) atoms. The van der Waals surface area contributed by atoms with Gasteiger partial charge in [0.05, 0.1) is 48.0 Å². The molecule has 182 valence electrons. The average Bonchev–Trinajstić information content (AvgIpc) is 3.07. The lowest BCUT2D eigenvalue weighted by atomic mass is 9.92. The first-order valence-electron chi connectivity index (χ1n) is 10.6. The van der Waals surface area contributed by atoms with Gasteiger partial charge < -0.3 is 9.47 Å². The van der Waals surface area contributed by atoms with E-state index in [-0.39, 0.29) is 24.3 Å². The lowest BCUT2D eigenvalue weighted by Crippen LogP contribution is -2.48. The van der Waals surface area contributed by atoms with Gasteiger partial charge in [0.15, 0.2) is 5.72 Å². The summed E-state index contributed by atoms with van der Waals surface area (Å²) < 4.78 is 27.3. The Morgan fingerprint density at radius 1 is 1.17 bits per heavy atom. The van der Waals surface area contributed by atoms with Gasteiger partial charge in [0.1, 0.15) is 5.82 Å². The van der Waals surface area contributed by atoms with E-state index in [1.165, 1.54) is 24.3 Å². The first kappa shape index (κ1) is 25.6. The fourth-order valence-electron chi connectivity index (χ4n) is 4.08. The van der Waals surface area contributed by atoms with Crippen molar-refractivity contribution in [1.29, 1.82) is 0 Å². The predicted octanol–water partition coefficient (Wildman–Crippen LogP) is 5.97. The summed E-state index contributed by atoms with van der Waals surface area (Å²) in [5.74, 6) is -2.28. The molecule has 0 aliphatic carbocycles. The number of hydrogen-bond donors (Lipinski definition) is 0. The summed E-state index contributed by atoms with van der Waals surface area (Å²) >= 11 is 15.4. The topological polar surface area (TPSA) is 68.7 Å². The molecule has 0 N–H and O–H groups in total. The lowest BCUT2D eigenvalue weighted by molar-refractivity contribution is -0.156. The van der Waals surface area contributed by atoms with E-state index in [0.717, 1.165) is 0 Å². The molecule has 0 saturated carbocycles. The number of halogens is 4. The zero-order valence-corrected chi connectivity index (χ0v) is 21.8. The van der Waals surface area contributed by atoms with Crippen molar-refractivity contribution in [2.24, 2.45) is 5.92 Å². The SMILES string of the molecule is COC(=O)C(C)COC1(c2ccc(Cl)cc2)c2c(F)cc(Br)cc2C(=O)N1Cc1ccc(Cl)cn1. The van der Waals surface area contributed by atoms with E-state index in [1.807, 2.05) is 0 Å². The fraction of sp³-hybridized carbons (Fsp3) is 0.240. The molecular formula is C25H20BrCl2FN2O4. The Morgan fingerprint density at radius 2 is 1.86 bits per heavy atom. The van der Waals surface area contributed by atoms with Gasteiger partial charge in [0.25, 0.3) is 5.91 Å². The molecule has 1 amide bonds. The first-order chi connectivity index (χ1) is 16.7. The smallest absolute Gasteiger partial charge is 0.310 e. The van der Waals surface area contributed by atoms with Crippen LogP contribution in [0.25, 0.3) is 0 Å². The highest BCUT2D eigenvalue weighted by Crippen LogP contribution is 2.48. The number of fused-ring (bicyclic) bond motifs is 1. The lowest BCUT2D eigenvalue weighted by Gasteiger charge is -2.40. The standard InChI is InChI=1S/C25H20BrCl2FN2O4/c1-14(24(33)34-2)13-35-25(15-3-5-17(27)6-4-15)22-20(9-16(26)10-21(22)29)23(32)31(25)12-19-8-7-18(28)11-30-19/h3-11,14H,12-13H2,1-2H3. The third-order valence-electron chi connectivity index (χ3n) is 5.74. The van der Waals surface area contributed by atoms with Gasteiger partial charge in [-0.25, -0.2) is 4.39 Å². The molecule has 0 spiro atoms. The second kappa shape index (κ2) is 10.2. The van der Waals surface area contributed by atoms with Crippen LogP contribution >= 0.6 is 39.1 Å². The molecule has 3 aromatic rings. The molecule has 10 heteroatoms. The van der Waals surface area contributed by atoms with Crippen molar-refractivity contribution >= 4 is 51.0 Å². The van der Waals surface area contributed by atoms with Crippen molar-refractivity contribution in [3.05, 3.63) is 97.4 Å². The highest BCUT2D eigenvalue weighted by Gasteiger charge is 2.54. The molecule has 0 bridgehead atoms. The number of hydrogen-bond acceptors (Lipinski definition) is 5. The Balaban J connectivity index is 1.93. The summed E-state index contributed by atoms with van der Waals surface area (Å²) in [6.07, 6.45) is 1.46. The molecule has 2 atom stereocenters. The Labute approximate surface area is 220 Å². The highest BCUT2D eigenvalue weighted by atomic mass is 79.9. The second-order valence-corrected chi connectivity index (χ2v) is 9.84. The van der Waals surface area contributed by atoms with Crippen LogP contribution in [0.2, 0.25) is 10.0 Å². The molecule has 4 rings (SSSR count). The maximum absolute atomic E-state index is 15.7. The van der Waals surface area contributed by atoms with Crippen LogP contribution in [0.4, 0.5) is 4.39 Å². The van der Waals surface area contributed by atoms with Crippen molar-refractivity contribution in [2.45, 2.75) is 19.2 Å². The number of rotatable bonds is 7. The quantitative estimate of drug-likeness (QED) is 0.321. The van der Waals surface area contributed by atoms with Crippen LogP contribution < -0.4 is 0 Å². The summed E-state index contributed by atoms with van der Waals surface area (Å²) in [6.45, 7) is 1.46. The molecule has 2 heterocycles. The molecule has 2 unspecified atom stereocenters. The van der Waals surface area contributed by atoms with Crippen LogP contribution in [0.15, 0.2) is 59.2 Å². The minimum absolute atomic E-state index is 0.0169. The van der Waals surface area contributed by atoms with E-state index in [0.29, 0.717) is 25.8 Å². The van der Waals surface area contributed by atoms with Crippen molar-refractivity contribution < 1.29 is 23.5 Å². The number of pyridine rings is 1. The number of ether oxygens (including phenoxy) is 2. The zero-order valence-electron chi connectivity index (χ0n) is 18.7. The summed E-state index contributed by atoms with van der Waals surface area (Å²) in [4.78, 5) is 31.6. The molecule has 2 aromatic carbocycles. The molecule has 1 aliphatic heterocycles. The number of carbonyl (C=O) groups is 2. The number of methoxy groups -OCH3 is 1. The number of carbonyl (C=O) groups excluding carboxylic acids is 2. The largest absolute Gasteiger partial charge is 0.469 e. The predicted molar refractivity (Wildman–Crippen MR) is 133 cm³/mol. The number of nitrogens with zero attached hydrogens (tertiary/aromatic N) is 2. The van der Waals surface area contributed by atoms with Gasteiger partial charge in [0, 0.05) is 21.3 Å². The molecule has 0 fully saturated rings. The minimum Gasteiger partial charge on any atom is -0.469 e.